The molecule has 0 aromatic heterocycles. The molecule has 0 fully saturated rings. The predicted molar refractivity (Wildman–Crippen MR) is 104 cm³/mol. The van der Waals surface area contributed by atoms with E-state index in [1.165, 1.54) is 83.1 Å². The van der Waals surface area contributed by atoms with Crippen LogP contribution in [0.3, 0.4) is 0 Å². The Labute approximate surface area is 154 Å². The molecule has 0 aliphatic carbocycles. The molecule has 146 valence electrons. The molecule has 0 aromatic rings. The zero-order valence-electron chi connectivity index (χ0n) is 16.3. The number of nitrogens with one attached hydrogen (secondary N) is 1. The highest BCUT2D eigenvalue weighted by Gasteiger charge is 2.13. The predicted octanol–water partition coefficient (Wildman–Crippen LogP) is 5.31. The Kier molecular flexibility index (Phi) is 18.0. The molecule has 0 aromatic carbocycles. The van der Waals surface area contributed by atoms with Crippen LogP contribution in [0.1, 0.15) is 96.8 Å². The van der Waals surface area contributed by atoms with Crippen molar-refractivity contribution in [2.45, 2.75) is 96.8 Å². The Morgan fingerprint density at radius 3 is 1.68 bits per heavy atom. The van der Waals surface area contributed by atoms with Crippen LogP contribution in [0.15, 0.2) is 12.7 Å². The summed E-state index contributed by atoms with van der Waals surface area (Å²) in [5.41, 5.74) is 0. The molecule has 0 atom stereocenters. The van der Waals surface area contributed by atoms with E-state index < -0.39 is 11.9 Å². The summed E-state index contributed by atoms with van der Waals surface area (Å²) in [5.74, 6) is -1.48. The van der Waals surface area contributed by atoms with E-state index in [2.05, 4.69) is 18.8 Å². The monoisotopic (exact) mass is 353 g/mol. The fraction of sp³-hybridized carbons (Fsp3) is 0.810. The first-order valence-corrected chi connectivity index (χ1v) is 10.3. The van der Waals surface area contributed by atoms with Gasteiger partial charge in [0, 0.05) is 6.54 Å². The number of hydrogen-bond donors (Lipinski definition) is 1. The molecule has 0 bridgehead atoms. The van der Waals surface area contributed by atoms with Crippen LogP contribution in [0.5, 0.6) is 0 Å². The first-order chi connectivity index (χ1) is 12.2. The van der Waals surface area contributed by atoms with Crippen molar-refractivity contribution in [2.75, 3.05) is 13.2 Å². The van der Waals surface area contributed by atoms with Crippen molar-refractivity contribution in [1.82, 2.24) is 5.32 Å². The quantitative estimate of drug-likeness (QED) is 0.167. The Balaban J connectivity index is 3.20. The molecule has 0 rings (SSSR count). The van der Waals surface area contributed by atoms with Crippen LogP contribution < -0.4 is 5.32 Å². The van der Waals surface area contributed by atoms with Gasteiger partial charge in [-0.05, 0) is 6.42 Å². The van der Waals surface area contributed by atoms with Gasteiger partial charge in [-0.15, -0.1) is 6.58 Å². The molecule has 0 saturated carbocycles. The first kappa shape index (κ1) is 23.7. The van der Waals surface area contributed by atoms with E-state index >= 15 is 0 Å². The Morgan fingerprint density at radius 1 is 0.800 bits per heavy atom. The van der Waals surface area contributed by atoms with Crippen LogP contribution in [0.2, 0.25) is 0 Å². The molecule has 1 amide bonds. The third-order valence-electron chi connectivity index (χ3n) is 4.32. The van der Waals surface area contributed by atoms with Gasteiger partial charge in [0.25, 0.3) is 0 Å². The number of esters is 1. The summed E-state index contributed by atoms with van der Waals surface area (Å²) in [6.07, 6.45) is 19.6. The van der Waals surface area contributed by atoms with Crippen molar-refractivity contribution in [3.05, 3.63) is 12.7 Å². The van der Waals surface area contributed by atoms with Crippen LogP contribution in [-0.2, 0) is 14.3 Å². The van der Waals surface area contributed by atoms with Crippen molar-refractivity contribution in [2.24, 2.45) is 0 Å². The Morgan fingerprint density at radius 2 is 1.24 bits per heavy atom. The molecule has 0 heterocycles. The average molecular weight is 354 g/mol. The van der Waals surface area contributed by atoms with Crippen LogP contribution in [0, 0.1) is 0 Å². The highest BCUT2D eigenvalue weighted by molar-refractivity contribution is 6.32. The molecule has 0 saturated heterocycles. The molecular formula is C21H39NO3. The topological polar surface area (TPSA) is 55.4 Å². The molecule has 0 unspecified atom stereocenters. The number of amides is 1. The molecular weight excluding hydrogens is 314 g/mol. The second kappa shape index (κ2) is 19.0. The smallest absolute Gasteiger partial charge is 0.396 e. The number of carbonyl (C=O) groups is 2. The van der Waals surface area contributed by atoms with Gasteiger partial charge in [-0.2, -0.15) is 0 Å². The highest BCUT2D eigenvalue weighted by Crippen LogP contribution is 2.12. The second-order valence-corrected chi connectivity index (χ2v) is 6.73. The normalized spacial score (nSPS) is 10.4. The average Bonchev–Trinajstić information content (AvgIpc) is 2.62. The fourth-order valence-electron chi connectivity index (χ4n) is 2.76. The Hall–Kier alpha value is -1.32. The maximum atomic E-state index is 11.3. The van der Waals surface area contributed by atoms with Crippen molar-refractivity contribution in [1.29, 1.82) is 0 Å². The van der Waals surface area contributed by atoms with Crippen molar-refractivity contribution in [3.63, 3.8) is 0 Å². The maximum Gasteiger partial charge on any atom is 0.396 e. The maximum absolute atomic E-state index is 11.3. The van der Waals surface area contributed by atoms with Crippen LogP contribution in [0.4, 0.5) is 0 Å². The minimum atomic E-state index is -0.795. The zero-order valence-corrected chi connectivity index (χ0v) is 16.3. The summed E-state index contributed by atoms with van der Waals surface area (Å²) < 4.78 is 4.92. The van der Waals surface area contributed by atoms with E-state index in [9.17, 15) is 9.59 Å². The van der Waals surface area contributed by atoms with Crippen LogP contribution >= 0.6 is 0 Å². The van der Waals surface area contributed by atoms with Gasteiger partial charge in [-0.1, -0.05) is 96.5 Å². The van der Waals surface area contributed by atoms with E-state index in [1.54, 1.807) is 0 Å². The highest BCUT2D eigenvalue weighted by atomic mass is 16.5. The molecule has 4 nitrogen and oxygen atoms in total. The lowest BCUT2D eigenvalue weighted by atomic mass is 10.0. The number of unbranched alkanes of at least 4 members (excludes halogenated alkanes) is 13. The van der Waals surface area contributed by atoms with E-state index in [1.807, 2.05) is 0 Å². The van der Waals surface area contributed by atoms with Gasteiger partial charge in [0.2, 0.25) is 0 Å². The summed E-state index contributed by atoms with van der Waals surface area (Å²) in [6, 6.07) is 0. The zero-order chi connectivity index (χ0) is 18.6. The van der Waals surface area contributed by atoms with Crippen molar-refractivity contribution in [3.8, 4) is 0 Å². The lowest BCUT2D eigenvalue weighted by Gasteiger charge is -2.05. The van der Waals surface area contributed by atoms with Crippen LogP contribution in [0.25, 0.3) is 0 Å². The van der Waals surface area contributed by atoms with Gasteiger partial charge in [0.15, 0.2) is 0 Å². The largest absolute Gasteiger partial charge is 0.459 e. The van der Waals surface area contributed by atoms with Gasteiger partial charge in [0.1, 0.15) is 0 Å². The Bertz CT molecular complexity index is 342. The third-order valence-corrected chi connectivity index (χ3v) is 4.32. The van der Waals surface area contributed by atoms with Crippen LogP contribution in [-0.4, -0.2) is 25.0 Å². The molecule has 1 N–H and O–H groups in total. The van der Waals surface area contributed by atoms with E-state index in [0.717, 1.165) is 12.8 Å². The summed E-state index contributed by atoms with van der Waals surface area (Å²) >= 11 is 0. The number of rotatable bonds is 17. The molecule has 4 heteroatoms. The molecule has 0 aliphatic rings. The molecule has 0 spiro atoms. The van der Waals surface area contributed by atoms with Gasteiger partial charge in [-0.3, -0.25) is 4.79 Å². The lowest BCUT2D eigenvalue weighted by molar-refractivity contribution is -0.154. The van der Waals surface area contributed by atoms with Crippen molar-refractivity contribution >= 4 is 11.9 Å². The van der Waals surface area contributed by atoms with E-state index in [0.29, 0.717) is 6.61 Å². The molecule has 0 radical (unpaired) electrons. The third kappa shape index (κ3) is 17.3. The van der Waals surface area contributed by atoms with Crippen molar-refractivity contribution < 1.29 is 14.3 Å². The summed E-state index contributed by atoms with van der Waals surface area (Å²) in [7, 11) is 0. The summed E-state index contributed by atoms with van der Waals surface area (Å²) in [4.78, 5) is 22.6. The summed E-state index contributed by atoms with van der Waals surface area (Å²) in [6.45, 7) is 6.35. The number of carbonyl (C=O) groups excluding carboxylic acids is 2. The number of hydrogen-bond acceptors (Lipinski definition) is 3. The lowest BCUT2D eigenvalue weighted by Crippen LogP contribution is -2.32. The fourth-order valence-corrected chi connectivity index (χ4v) is 2.76. The van der Waals surface area contributed by atoms with Gasteiger partial charge in [-0.25, -0.2) is 4.79 Å². The SMILES string of the molecule is C=CCNC(=O)C(=O)OCCCCCCCCCCCCCCCC. The standard InChI is InChI=1S/C21H39NO3/c1-3-5-6-7-8-9-10-11-12-13-14-15-16-17-19-25-21(24)20(23)22-18-4-2/h4H,2-3,5-19H2,1H3,(H,22,23). The minimum Gasteiger partial charge on any atom is -0.459 e. The second-order valence-electron chi connectivity index (χ2n) is 6.73. The number of ether oxygens (including phenoxy) is 1. The van der Waals surface area contributed by atoms with Gasteiger partial charge >= 0.3 is 11.9 Å². The van der Waals surface area contributed by atoms with Gasteiger partial charge < -0.3 is 10.1 Å². The first-order valence-electron chi connectivity index (χ1n) is 10.3. The van der Waals surface area contributed by atoms with E-state index in [4.69, 9.17) is 4.74 Å². The molecule has 0 aliphatic heterocycles. The summed E-state index contributed by atoms with van der Waals surface area (Å²) in [5, 5.41) is 2.40. The molecule has 25 heavy (non-hydrogen) atoms. The van der Waals surface area contributed by atoms with Gasteiger partial charge in [0.05, 0.1) is 6.61 Å². The minimum absolute atomic E-state index is 0.285. The van der Waals surface area contributed by atoms with E-state index in [-0.39, 0.29) is 6.54 Å².